The van der Waals surface area contributed by atoms with Crippen molar-refractivity contribution in [2.24, 2.45) is 0 Å². The van der Waals surface area contributed by atoms with E-state index in [2.05, 4.69) is 225 Å². The highest BCUT2D eigenvalue weighted by molar-refractivity contribution is 6.25. The lowest BCUT2D eigenvalue weighted by molar-refractivity contribution is 1.15. The van der Waals surface area contributed by atoms with E-state index in [0.717, 1.165) is 17.1 Å². The summed E-state index contributed by atoms with van der Waals surface area (Å²) in [7, 11) is 0. The van der Waals surface area contributed by atoms with Gasteiger partial charge in [-0.3, -0.25) is 0 Å². The first-order chi connectivity index (χ1) is 28.8. The van der Waals surface area contributed by atoms with Gasteiger partial charge >= 0.3 is 0 Å². The van der Waals surface area contributed by atoms with Crippen LogP contribution in [0.15, 0.2) is 206 Å². The summed E-state index contributed by atoms with van der Waals surface area (Å²) >= 11 is 0. The Bertz CT molecular complexity index is 3620. The number of fused-ring (bicyclic) bond motifs is 6. The van der Waals surface area contributed by atoms with Crippen molar-refractivity contribution in [1.82, 2.24) is 18.3 Å². The Labute approximate surface area is 333 Å². The van der Waals surface area contributed by atoms with Crippen LogP contribution in [0.1, 0.15) is 0 Å². The average Bonchev–Trinajstić information content (AvgIpc) is 4.02. The summed E-state index contributed by atoms with van der Waals surface area (Å²) < 4.78 is 9.74. The first-order valence-electron chi connectivity index (χ1n) is 20.0. The molecule has 0 radical (unpaired) electrons. The van der Waals surface area contributed by atoms with Crippen LogP contribution >= 0.6 is 0 Å². The van der Waals surface area contributed by atoms with Crippen molar-refractivity contribution in [3.05, 3.63) is 206 Å². The second-order valence-electron chi connectivity index (χ2n) is 15.3. The number of hydrogen-bond acceptors (Lipinski definition) is 0. The van der Waals surface area contributed by atoms with Gasteiger partial charge in [0.1, 0.15) is 0 Å². The van der Waals surface area contributed by atoms with E-state index in [1.807, 2.05) is 0 Å². The molecule has 0 aliphatic carbocycles. The first-order valence-corrected chi connectivity index (χ1v) is 20.0. The Hall–Kier alpha value is -7.82. The van der Waals surface area contributed by atoms with Crippen LogP contribution in [0.4, 0.5) is 0 Å². The highest BCUT2D eigenvalue weighted by Gasteiger charge is 2.24. The van der Waals surface area contributed by atoms with E-state index < -0.39 is 0 Å². The molecule has 0 saturated carbocycles. The van der Waals surface area contributed by atoms with Gasteiger partial charge in [0.2, 0.25) is 0 Å². The lowest BCUT2D eigenvalue weighted by Crippen LogP contribution is -2.00. The van der Waals surface area contributed by atoms with Crippen LogP contribution < -0.4 is 0 Å². The largest absolute Gasteiger partial charge is 0.309 e. The molecule has 0 aliphatic heterocycles. The molecule has 13 aromatic rings. The van der Waals surface area contributed by atoms with E-state index in [0.29, 0.717) is 0 Å². The summed E-state index contributed by atoms with van der Waals surface area (Å²) in [4.78, 5) is 0. The van der Waals surface area contributed by atoms with Crippen molar-refractivity contribution in [3.8, 4) is 33.9 Å². The molecule has 4 heterocycles. The molecular formula is C54H34N4. The third-order valence-electron chi connectivity index (χ3n) is 12.3. The molecule has 9 aromatic carbocycles. The predicted octanol–water partition coefficient (Wildman–Crippen LogP) is 14.0. The van der Waals surface area contributed by atoms with Crippen molar-refractivity contribution < 1.29 is 0 Å². The maximum Gasteiger partial charge on any atom is 0.0563 e. The molecule has 4 heteroatoms. The number of rotatable bonds is 5. The summed E-state index contributed by atoms with van der Waals surface area (Å²) in [6.07, 6.45) is 0. The Kier molecular flexibility index (Phi) is 6.41. The highest BCUT2D eigenvalue weighted by Crippen LogP contribution is 2.44. The van der Waals surface area contributed by atoms with E-state index in [-0.39, 0.29) is 0 Å². The smallest absolute Gasteiger partial charge is 0.0563 e. The average molecular weight is 739 g/mol. The molecule has 0 spiro atoms. The normalized spacial score (nSPS) is 12.1. The van der Waals surface area contributed by atoms with Gasteiger partial charge in [-0.2, -0.15) is 0 Å². The molecule has 0 unspecified atom stereocenters. The van der Waals surface area contributed by atoms with Gasteiger partial charge in [-0.15, -0.1) is 0 Å². The van der Waals surface area contributed by atoms with E-state index >= 15 is 0 Å². The maximum atomic E-state index is 2.46. The minimum absolute atomic E-state index is 1.14. The van der Waals surface area contributed by atoms with E-state index in [1.54, 1.807) is 0 Å². The number of nitrogens with zero attached hydrogens (tertiary/aromatic N) is 4. The molecule has 0 aliphatic rings. The van der Waals surface area contributed by atoms with Gasteiger partial charge in [0, 0.05) is 54.9 Å². The van der Waals surface area contributed by atoms with Gasteiger partial charge in [-0.25, -0.2) is 0 Å². The fourth-order valence-corrected chi connectivity index (χ4v) is 9.99. The fraction of sp³-hybridized carbons (Fsp3) is 0. The summed E-state index contributed by atoms with van der Waals surface area (Å²) in [5.41, 5.74) is 16.6. The Morgan fingerprint density at radius 2 is 0.672 bits per heavy atom. The number of hydrogen-bond donors (Lipinski definition) is 0. The second kappa shape index (κ2) is 11.8. The standard InChI is InChI=1S/C54H34N4/c1-2-16-36(17-3-1)55-45-24-9-5-22-42(45)43-32-31-38(34-52(43)55)57-50-29-13-27-48-53(50)54-49(28-14-30-51(54)57)56(48)37-18-12-15-35(33-37)39-19-4-8-23-44(39)58-46-25-10-6-20-40(46)41-21-7-11-26-47(41)58/h1-34H. The minimum atomic E-state index is 1.14. The zero-order chi connectivity index (χ0) is 37.9. The van der Waals surface area contributed by atoms with Crippen LogP contribution in [0.3, 0.4) is 0 Å². The van der Waals surface area contributed by atoms with E-state index in [4.69, 9.17) is 0 Å². The second-order valence-corrected chi connectivity index (χ2v) is 15.3. The van der Waals surface area contributed by atoms with Crippen LogP contribution in [-0.4, -0.2) is 18.3 Å². The Morgan fingerprint density at radius 3 is 1.29 bits per heavy atom. The number of para-hydroxylation sites is 5. The molecule has 4 aromatic heterocycles. The molecule has 0 atom stereocenters. The number of aromatic nitrogens is 4. The Morgan fingerprint density at radius 1 is 0.241 bits per heavy atom. The van der Waals surface area contributed by atoms with Crippen molar-refractivity contribution in [3.63, 3.8) is 0 Å². The third kappa shape index (κ3) is 4.23. The third-order valence-corrected chi connectivity index (χ3v) is 12.3. The predicted molar refractivity (Wildman–Crippen MR) is 243 cm³/mol. The van der Waals surface area contributed by atoms with Crippen LogP contribution in [0.5, 0.6) is 0 Å². The summed E-state index contributed by atoms with van der Waals surface area (Å²) in [6, 6.07) is 75.3. The van der Waals surface area contributed by atoms with E-state index in [9.17, 15) is 0 Å². The zero-order valence-corrected chi connectivity index (χ0v) is 31.4. The summed E-state index contributed by atoms with van der Waals surface area (Å²) in [5.74, 6) is 0. The molecule has 58 heavy (non-hydrogen) atoms. The molecule has 0 fully saturated rings. The topological polar surface area (TPSA) is 19.7 Å². The maximum absolute atomic E-state index is 2.46. The molecule has 0 amide bonds. The highest BCUT2D eigenvalue weighted by atomic mass is 15.0. The summed E-state index contributed by atoms with van der Waals surface area (Å²) in [5, 5.41) is 7.61. The summed E-state index contributed by atoms with van der Waals surface area (Å²) in [6.45, 7) is 0. The minimum Gasteiger partial charge on any atom is -0.309 e. The zero-order valence-electron chi connectivity index (χ0n) is 31.4. The van der Waals surface area contributed by atoms with Gasteiger partial charge in [-0.05, 0) is 90.5 Å². The molecule has 0 saturated heterocycles. The molecule has 0 bridgehead atoms. The van der Waals surface area contributed by atoms with Crippen LogP contribution in [0, 0.1) is 0 Å². The SMILES string of the molecule is c1ccc(-n2c3ccccc3c3ccc(-n4c5cccc6c5c5c(cccc54)n6-c4cccc(-c5ccccc5-n5c6ccccc6c6ccccc65)c4)cc32)cc1. The molecule has 270 valence electrons. The van der Waals surface area contributed by atoms with Crippen molar-refractivity contribution >= 4 is 76.5 Å². The van der Waals surface area contributed by atoms with Gasteiger partial charge in [-0.1, -0.05) is 121 Å². The lowest BCUT2D eigenvalue weighted by Gasteiger charge is -2.16. The quantitative estimate of drug-likeness (QED) is 0.168. The Balaban J connectivity index is 1.00. The number of benzene rings is 9. The van der Waals surface area contributed by atoms with Gasteiger partial charge < -0.3 is 18.3 Å². The van der Waals surface area contributed by atoms with Crippen molar-refractivity contribution in [1.29, 1.82) is 0 Å². The first kappa shape index (κ1) is 31.4. The fourth-order valence-electron chi connectivity index (χ4n) is 9.99. The van der Waals surface area contributed by atoms with Gasteiger partial charge in [0.15, 0.2) is 0 Å². The molecule has 13 rings (SSSR count). The van der Waals surface area contributed by atoms with Crippen molar-refractivity contribution in [2.75, 3.05) is 0 Å². The molecule has 4 nitrogen and oxygen atoms in total. The molecule has 0 N–H and O–H groups in total. The van der Waals surface area contributed by atoms with E-state index in [1.165, 1.54) is 93.3 Å². The lowest BCUT2D eigenvalue weighted by atomic mass is 10.0. The van der Waals surface area contributed by atoms with Crippen molar-refractivity contribution in [2.45, 2.75) is 0 Å². The van der Waals surface area contributed by atoms with Gasteiger partial charge in [0.05, 0.1) is 49.8 Å². The van der Waals surface area contributed by atoms with Gasteiger partial charge in [0.25, 0.3) is 0 Å². The van der Waals surface area contributed by atoms with Crippen LogP contribution in [0.25, 0.3) is 110 Å². The molecular weight excluding hydrogens is 705 g/mol. The van der Waals surface area contributed by atoms with Crippen LogP contribution in [-0.2, 0) is 0 Å². The monoisotopic (exact) mass is 738 g/mol. The van der Waals surface area contributed by atoms with Crippen LogP contribution in [0.2, 0.25) is 0 Å².